The highest BCUT2D eigenvalue weighted by molar-refractivity contribution is 9.10. The Balaban J connectivity index is 2.06. The smallest absolute Gasteiger partial charge is 0.336 e. The van der Waals surface area contributed by atoms with E-state index in [4.69, 9.17) is 4.42 Å². The molecule has 0 spiro atoms. The van der Waals surface area contributed by atoms with Crippen molar-refractivity contribution in [3.05, 3.63) is 68.5 Å². The van der Waals surface area contributed by atoms with Gasteiger partial charge in [-0.05, 0) is 48.9 Å². The molecular formula is C17H12BrNO6S. The Labute approximate surface area is 156 Å². The van der Waals surface area contributed by atoms with Gasteiger partial charge in [-0.1, -0.05) is 15.9 Å². The maximum atomic E-state index is 12.7. The van der Waals surface area contributed by atoms with Crippen LogP contribution in [0.2, 0.25) is 0 Å². The summed E-state index contributed by atoms with van der Waals surface area (Å²) in [6.07, 6.45) is 0. The van der Waals surface area contributed by atoms with E-state index in [-0.39, 0.29) is 21.7 Å². The minimum absolute atomic E-state index is 0.111. The molecule has 0 unspecified atom stereocenters. The highest BCUT2D eigenvalue weighted by Crippen LogP contribution is 2.27. The average Bonchev–Trinajstić information content (AvgIpc) is 2.56. The van der Waals surface area contributed by atoms with Crippen molar-refractivity contribution < 1.29 is 22.7 Å². The zero-order valence-electron chi connectivity index (χ0n) is 13.3. The van der Waals surface area contributed by atoms with E-state index in [1.807, 2.05) is 0 Å². The number of benzene rings is 2. The number of hydrogen-bond acceptors (Lipinski definition) is 5. The molecular weight excluding hydrogens is 426 g/mol. The number of aromatic carboxylic acids is 1. The minimum atomic E-state index is -4.04. The lowest BCUT2D eigenvalue weighted by Gasteiger charge is -2.13. The van der Waals surface area contributed by atoms with Gasteiger partial charge in [0, 0.05) is 21.6 Å². The van der Waals surface area contributed by atoms with Gasteiger partial charge in [0.1, 0.15) is 5.58 Å². The van der Waals surface area contributed by atoms with Gasteiger partial charge in [-0.3, -0.25) is 4.72 Å². The molecule has 2 N–H and O–H groups in total. The van der Waals surface area contributed by atoms with Gasteiger partial charge in [-0.25, -0.2) is 18.0 Å². The van der Waals surface area contributed by atoms with Crippen LogP contribution in [0.15, 0.2) is 61.0 Å². The Morgan fingerprint density at radius 3 is 2.58 bits per heavy atom. The summed E-state index contributed by atoms with van der Waals surface area (Å²) in [5.74, 6) is -1.22. The fourth-order valence-corrected chi connectivity index (χ4v) is 4.45. The summed E-state index contributed by atoms with van der Waals surface area (Å²) in [6.45, 7) is 1.43. The van der Waals surface area contributed by atoms with Crippen LogP contribution < -0.4 is 10.3 Å². The van der Waals surface area contributed by atoms with Gasteiger partial charge >= 0.3 is 11.6 Å². The first-order valence-corrected chi connectivity index (χ1v) is 9.55. The second kappa shape index (κ2) is 6.58. The summed E-state index contributed by atoms with van der Waals surface area (Å²) in [5, 5.41) is 9.78. The SMILES string of the molecule is Cc1c(C(=O)O)cc(Br)cc1S(=O)(=O)Nc1ccc2oc(=O)ccc2c1. The largest absolute Gasteiger partial charge is 0.478 e. The molecule has 3 aromatic rings. The van der Waals surface area contributed by atoms with E-state index in [1.165, 1.54) is 49.4 Å². The number of nitrogens with one attached hydrogen (secondary N) is 1. The third-order valence-corrected chi connectivity index (χ3v) is 5.68. The van der Waals surface area contributed by atoms with Gasteiger partial charge in [0.25, 0.3) is 10.0 Å². The maximum Gasteiger partial charge on any atom is 0.336 e. The molecule has 0 aliphatic carbocycles. The van der Waals surface area contributed by atoms with Crippen molar-refractivity contribution in [2.75, 3.05) is 4.72 Å². The van der Waals surface area contributed by atoms with Crippen LogP contribution in [0.1, 0.15) is 15.9 Å². The fourth-order valence-electron chi connectivity index (χ4n) is 2.50. The van der Waals surface area contributed by atoms with Crippen LogP contribution in [-0.4, -0.2) is 19.5 Å². The molecule has 0 saturated heterocycles. The number of rotatable bonds is 4. The van der Waals surface area contributed by atoms with Crippen LogP contribution >= 0.6 is 15.9 Å². The predicted molar refractivity (Wildman–Crippen MR) is 99.1 cm³/mol. The molecule has 1 heterocycles. The number of sulfonamides is 1. The molecule has 134 valence electrons. The quantitative estimate of drug-likeness (QED) is 0.604. The Bertz CT molecular complexity index is 1200. The topological polar surface area (TPSA) is 114 Å². The van der Waals surface area contributed by atoms with E-state index in [2.05, 4.69) is 20.7 Å². The summed E-state index contributed by atoms with van der Waals surface area (Å²) >= 11 is 3.14. The molecule has 3 rings (SSSR count). The van der Waals surface area contributed by atoms with E-state index in [0.29, 0.717) is 15.4 Å². The lowest BCUT2D eigenvalue weighted by Crippen LogP contribution is -2.16. The molecule has 0 atom stereocenters. The van der Waals surface area contributed by atoms with Gasteiger partial charge in [0.05, 0.1) is 10.5 Å². The molecule has 0 aliphatic rings. The van der Waals surface area contributed by atoms with E-state index >= 15 is 0 Å². The molecule has 0 fully saturated rings. The van der Waals surface area contributed by atoms with E-state index in [1.54, 1.807) is 0 Å². The van der Waals surface area contributed by atoms with Gasteiger partial charge in [0.15, 0.2) is 0 Å². The van der Waals surface area contributed by atoms with Crippen LogP contribution in [0, 0.1) is 6.92 Å². The number of hydrogen-bond donors (Lipinski definition) is 2. The molecule has 0 radical (unpaired) electrons. The van der Waals surface area contributed by atoms with Crippen molar-refractivity contribution in [3.8, 4) is 0 Å². The van der Waals surface area contributed by atoms with E-state index in [9.17, 15) is 23.1 Å². The summed E-state index contributed by atoms with van der Waals surface area (Å²) in [6, 6.07) is 9.88. The zero-order chi connectivity index (χ0) is 19.1. The number of carboxylic acids is 1. The van der Waals surface area contributed by atoms with Gasteiger partial charge < -0.3 is 9.52 Å². The Kier molecular flexibility index (Phi) is 4.59. The van der Waals surface area contributed by atoms with Crippen molar-refractivity contribution in [2.45, 2.75) is 11.8 Å². The van der Waals surface area contributed by atoms with Crippen molar-refractivity contribution in [1.82, 2.24) is 0 Å². The minimum Gasteiger partial charge on any atom is -0.478 e. The van der Waals surface area contributed by atoms with Crippen LogP contribution in [0.4, 0.5) is 5.69 Å². The summed E-state index contributed by atoms with van der Waals surface area (Å²) in [4.78, 5) is 22.4. The molecule has 0 aliphatic heterocycles. The second-order valence-corrected chi connectivity index (χ2v) is 8.06. The predicted octanol–water partition coefficient (Wildman–Crippen LogP) is 3.36. The molecule has 2 aromatic carbocycles. The van der Waals surface area contributed by atoms with Gasteiger partial charge in [0.2, 0.25) is 0 Å². The average molecular weight is 438 g/mol. The lowest BCUT2D eigenvalue weighted by atomic mass is 10.1. The van der Waals surface area contributed by atoms with Gasteiger partial charge in [-0.15, -0.1) is 0 Å². The van der Waals surface area contributed by atoms with E-state index < -0.39 is 21.6 Å². The summed E-state index contributed by atoms with van der Waals surface area (Å²) < 4.78 is 33.2. The molecule has 1 aromatic heterocycles. The Morgan fingerprint density at radius 2 is 1.88 bits per heavy atom. The van der Waals surface area contributed by atoms with Crippen molar-refractivity contribution in [1.29, 1.82) is 0 Å². The first kappa shape index (κ1) is 18.2. The number of halogens is 1. The van der Waals surface area contributed by atoms with Crippen LogP contribution in [0.25, 0.3) is 11.0 Å². The zero-order valence-corrected chi connectivity index (χ0v) is 15.7. The van der Waals surface area contributed by atoms with Gasteiger partial charge in [-0.2, -0.15) is 0 Å². The maximum absolute atomic E-state index is 12.7. The third-order valence-electron chi connectivity index (χ3n) is 3.72. The van der Waals surface area contributed by atoms with Crippen LogP contribution in [0.5, 0.6) is 0 Å². The van der Waals surface area contributed by atoms with Crippen molar-refractivity contribution in [3.63, 3.8) is 0 Å². The third kappa shape index (κ3) is 3.49. The fraction of sp³-hybridized carbons (Fsp3) is 0.0588. The standard InChI is InChI=1S/C17H12BrNO6S/c1-9-13(17(21)22)7-11(18)8-15(9)26(23,24)19-12-3-4-14-10(6-12)2-5-16(20)25-14/h2-8,19H,1H3,(H,21,22). The highest BCUT2D eigenvalue weighted by atomic mass is 79.9. The molecule has 9 heteroatoms. The van der Waals surface area contributed by atoms with Crippen molar-refractivity contribution in [2.24, 2.45) is 0 Å². The summed E-state index contributed by atoms with van der Waals surface area (Å²) in [7, 11) is -4.04. The number of fused-ring (bicyclic) bond motifs is 1. The Morgan fingerprint density at radius 1 is 1.15 bits per heavy atom. The lowest BCUT2D eigenvalue weighted by molar-refractivity contribution is 0.0695. The monoisotopic (exact) mass is 437 g/mol. The Hall–Kier alpha value is -2.65. The molecule has 0 bridgehead atoms. The number of anilines is 1. The molecule has 0 amide bonds. The normalized spacial score (nSPS) is 11.5. The van der Waals surface area contributed by atoms with Crippen molar-refractivity contribution >= 4 is 48.6 Å². The van der Waals surface area contributed by atoms with Crippen LogP contribution in [-0.2, 0) is 10.0 Å². The molecule has 0 saturated carbocycles. The molecule has 7 nitrogen and oxygen atoms in total. The second-order valence-electron chi connectivity index (χ2n) is 5.49. The van der Waals surface area contributed by atoms with Crippen LogP contribution in [0.3, 0.4) is 0 Å². The summed E-state index contributed by atoms with van der Waals surface area (Å²) in [5.41, 5.74) is 0.0895. The molecule has 26 heavy (non-hydrogen) atoms. The first-order valence-electron chi connectivity index (χ1n) is 7.27. The number of carboxylic acid groups (broad SMARTS) is 1. The van der Waals surface area contributed by atoms with E-state index in [0.717, 1.165) is 0 Å². The first-order chi connectivity index (χ1) is 12.2. The number of carbonyl (C=O) groups is 1. The highest BCUT2D eigenvalue weighted by Gasteiger charge is 2.22.